The zero-order valence-electron chi connectivity index (χ0n) is 9.26. The van der Waals surface area contributed by atoms with Gasteiger partial charge in [0.25, 0.3) is 0 Å². The lowest BCUT2D eigenvalue weighted by molar-refractivity contribution is -0.157. The summed E-state index contributed by atoms with van der Waals surface area (Å²) >= 11 is 0. The molecule has 2 nitrogen and oxygen atoms in total. The predicted molar refractivity (Wildman–Crippen MR) is 52.3 cm³/mol. The maximum atomic E-state index is 11.6. The van der Waals surface area contributed by atoms with Crippen LogP contribution in [0.1, 0.15) is 41.0 Å². The largest absolute Gasteiger partial charge is 0.460 e. The second-order valence-electron chi connectivity index (χ2n) is 4.99. The Hall–Kier alpha value is -0.530. The minimum absolute atomic E-state index is 0.00755. The topological polar surface area (TPSA) is 26.3 Å². The number of esters is 1. The van der Waals surface area contributed by atoms with Gasteiger partial charge in [-0.15, -0.1) is 0 Å². The third-order valence-corrected chi connectivity index (χ3v) is 2.71. The molecule has 0 spiro atoms. The van der Waals surface area contributed by atoms with Gasteiger partial charge in [-0.05, 0) is 32.6 Å². The van der Waals surface area contributed by atoms with Crippen LogP contribution in [0.4, 0.5) is 0 Å². The first-order valence-electron chi connectivity index (χ1n) is 5.09. The second kappa shape index (κ2) is 3.32. The van der Waals surface area contributed by atoms with Crippen molar-refractivity contribution in [2.45, 2.75) is 46.6 Å². The summed E-state index contributed by atoms with van der Waals surface area (Å²) in [5, 5.41) is 0. The normalized spacial score (nSPS) is 32.8. The molecule has 13 heavy (non-hydrogen) atoms. The van der Waals surface area contributed by atoms with Gasteiger partial charge in [-0.1, -0.05) is 20.3 Å². The van der Waals surface area contributed by atoms with E-state index < -0.39 is 0 Å². The molecule has 1 fully saturated rings. The zero-order chi connectivity index (χ0) is 10.2. The Morgan fingerprint density at radius 2 is 1.92 bits per heavy atom. The van der Waals surface area contributed by atoms with Crippen molar-refractivity contribution in [1.29, 1.82) is 0 Å². The van der Waals surface area contributed by atoms with E-state index in [-0.39, 0.29) is 17.5 Å². The van der Waals surface area contributed by atoms with Crippen LogP contribution < -0.4 is 0 Å². The van der Waals surface area contributed by atoms with E-state index in [9.17, 15) is 4.79 Å². The van der Waals surface area contributed by atoms with Crippen molar-refractivity contribution in [3.8, 4) is 0 Å². The summed E-state index contributed by atoms with van der Waals surface area (Å²) < 4.78 is 5.33. The van der Waals surface area contributed by atoms with Gasteiger partial charge in [-0.3, -0.25) is 4.79 Å². The van der Waals surface area contributed by atoms with Gasteiger partial charge in [-0.25, -0.2) is 0 Å². The van der Waals surface area contributed by atoms with Crippen LogP contribution in [0.2, 0.25) is 0 Å². The Morgan fingerprint density at radius 1 is 1.38 bits per heavy atom. The average molecular weight is 184 g/mol. The number of rotatable bonds is 2. The van der Waals surface area contributed by atoms with Crippen LogP contribution in [-0.4, -0.2) is 11.6 Å². The monoisotopic (exact) mass is 184 g/mol. The van der Waals surface area contributed by atoms with Crippen molar-refractivity contribution in [3.63, 3.8) is 0 Å². The van der Waals surface area contributed by atoms with Gasteiger partial charge in [-0.2, -0.15) is 0 Å². The average Bonchev–Trinajstić information content (AvgIpc) is 2.57. The first kappa shape index (κ1) is 10.6. The number of hydrogen-bond donors (Lipinski definition) is 0. The lowest BCUT2D eigenvalue weighted by Gasteiger charge is -2.19. The third kappa shape index (κ3) is 2.45. The van der Waals surface area contributed by atoms with Gasteiger partial charge >= 0.3 is 5.97 Å². The highest BCUT2D eigenvalue weighted by Gasteiger charge is 2.51. The Kier molecular flexibility index (Phi) is 2.69. The van der Waals surface area contributed by atoms with Gasteiger partial charge in [0.05, 0.1) is 5.92 Å². The molecule has 0 N–H and O–H groups in total. The van der Waals surface area contributed by atoms with Gasteiger partial charge in [0, 0.05) is 0 Å². The van der Waals surface area contributed by atoms with Crippen molar-refractivity contribution in [2.24, 2.45) is 17.8 Å². The molecule has 3 atom stereocenters. The van der Waals surface area contributed by atoms with Crippen molar-refractivity contribution < 1.29 is 9.53 Å². The number of carbonyl (C=O) groups excluding carboxylic acids is 1. The van der Waals surface area contributed by atoms with Crippen molar-refractivity contribution in [2.75, 3.05) is 0 Å². The number of ether oxygens (including phenoxy) is 1. The highest BCUT2D eigenvalue weighted by atomic mass is 16.6. The van der Waals surface area contributed by atoms with Crippen LogP contribution in [0.5, 0.6) is 0 Å². The maximum Gasteiger partial charge on any atom is 0.310 e. The van der Waals surface area contributed by atoms with Gasteiger partial charge in [0.15, 0.2) is 0 Å². The van der Waals surface area contributed by atoms with Crippen LogP contribution in [0.15, 0.2) is 0 Å². The Bertz CT molecular complexity index is 203. The minimum atomic E-state index is -0.336. The summed E-state index contributed by atoms with van der Waals surface area (Å²) in [6.45, 7) is 10.0. The molecule has 0 aromatic carbocycles. The highest BCUT2D eigenvalue weighted by Crippen LogP contribution is 2.49. The zero-order valence-corrected chi connectivity index (χ0v) is 9.26. The van der Waals surface area contributed by atoms with Crippen LogP contribution in [0.3, 0.4) is 0 Å². The summed E-state index contributed by atoms with van der Waals surface area (Å²) in [5.74, 6) is 1.26. The molecule has 1 saturated carbocycles. The fourth-order valence-corrected chi connectivity index (χ4v) is 1.93. The predicted octanol–water partition coefficient (Wildman–Crippen LogP) is 2.62. The smallest absolute Gasteiger partial charge is 0.310 e. The molecule has 2 heteroatoms. The lowest BCUT2D eigenvalue weighted by Crippen LogP contribution is -2.25. The molecule has 3 unspecified atom stereocenters. The fraction of sp³-hybridized carbons (Fsp3) is 0.909. The third-order valence-electron chi connectivity index (χ3n) is 2.71. The molecule has 1 aliphatic rings. The quantitative estimate of drug-likeness (QED) is 0.617. The van der Waals surface area contributed by atoms with Crippen LogP contribution in [0.25, 0.3) is 0 Å². The molecule has 0 saturated heterocycles. The van der Waals surface area contributed by atoms with E-state index in [1.807, 2.05) is 20.8 Å². The molecule has 0 aliphatic heterocycles. The standard InChI is InChI=1S/C11H20O2/c1-6-8-7(2)9(8)10(12)13-11(3,4)5/h7-9H,6H2,1-5H3. The van der Waals surface area contributed by atoms with Gasteiger partial charge in [0.2, 0.25) is 0 Å². The molecule has 0 heterocycles. The van der Waals surface area contributed by atoms with Crippen molar-refractivity contribution in [1.82, 2.24) is 0 Å². The molecule has 0 amide bonds. The summed E-state index contributed by atoms with van der Waals surface area (Å²) in [4.78, 5) is 11.6. The van der Waals surface area contributed by atoms with Crippen molar-refractivity contribution in [3.05, 3.63) is 0 Å². The first-order valence-corrected chi connectivity index (χ1v) is 5.09. The molecular formula is C11H20O2. The minimum Gasteiger partial charge on any atom is -0.460 e. The molecular weight excluding hydrogens is 164 g/mol. The first-order chi connectivity index (χ1) is 5.87. The van der Waals surface area contributed by atoms with E-state index in [0.29, 0.717) is 11.8 Å². The van der Waals surface area contributed by atoms with E-state index in [2.05, 4.69) is 13.8 Å². The van der Waals surface area contributed by atoms with E-state index >= 15 is 0 Å². The molecule has 0 aromatic rings. The van der Waals surface area contributed by atoms with Crippen molar-refractivity contribution >= 4 is 5.97 Å². The van der Waals surface area contributed by atoms with Gasteiger partial charge < -0.3 is 4.74 Å². The van der Waals surface area contributed by atoms with Crippen LogP contribution >= 0.6 is 0 Å². The number of carbonyl (C=O) groups is 1. The Labute approximate surface area is 80.7 Å². The summed E-state index contributed by atoms with van der Waals surface area (Å²) in [7, 11) is 0. The molecule has 1 aliphatic carbocycles. The highest BCUT2D eigenvalue weighted by molar-refractivity contribution is 5.76. The lowest BCUT2D eigenvalue weighted by atomic mass is 10.2. The molecule has 1 rings (SSSR count). The van der Waals surface area contributed by atoms with E-state index in [4.69, 9.17) is 4.74 Å². The van der Waals surface area contributed by atoms with E-state index in [1.165, 1.54) is 0 Å². The van der Waals surface area contributed by atoms with E-state index in [0.717, 1.165) is 6.42 Å². The second-order valence-corrected chi connectivity index (χ2v) is 4.99. The van der Waals surface area contributed by atoms with Crippen LogP contribution in [0, 0.1) is 17.8 Å². The SMILES string of the molecule is CCC1C(C)C1C(=O)OC(C)(C)C. The number of hydrogen-bond acceptors (Lipinski definition) is 2. The Balaban J connectivity index is 2.43. The fourth-order valence-electron chi connectivity index (χ4n) is 1.93. The Morgan fingerprint density at radius 3 is 2.23 bits per heavy atom. The molecule has 0 aromatic heterocycles. The summed E-state index contributed by atoms with van der Waals surface area (Å²) in [5.41, 5.74) is -0.336. The molecule has 76 valence electrons. The van der Waals surface area contributed by atoms with Gasteiger partial charge in [0.1, 0.15) is 5.60 Å². The summed E-state index contributed by atoms with van der Waals surface area (Å²) in [6, 6.07) is 0. The molecule has 0 radical (unpaired) electrons. The maximum absolute atomic E-state index is 11.6. The summed E-state index contributed by atoms with van der Waals surface area (Å²) in [6.07, 6.45) is 1.09. The van der Waals surface area contributed by atoms with E-state index in [1.54, 1.807) is 0 Å². The van der Waals surface area contributed by atoms with Crippen LogP contribution in [-0.2, 0) is 9.53 Å². The molecule has 0 bridgehead atoms.